The molecule has 0 bridgehead atoms. The molecule has 1 aromatic carbocycles. The van der Waals surface area contributed by atoms with Crippen molar-refractivity contribution in [3.63, 3.8) is 0 Å². The molecule has 1 rings (SSSR count). The van der Waals surface area contributed by atoms with Crippen molar-refractivity contribution < 1.29 is 13.2 Å². The van der Waals surface area contributed by atoms with Crippen molar-refractivity contribution in [1.29, 1.82) is 0 Å². The van der Waals surface area contributed by atoms with Crippen LogP contribution in [0.5, 0.6) is 0 Å². The summed E-state index contributed by atoms with van der Waals surface area (Å²) < 4.78 is 38.2. The Hall–Kier alpha value is -0.300. The molecule has 1 nitrogen and oxygen atoms in total. The predicted octanol–water partition coefficient (Wildman–Crippen LogP) is 3.08. The molecule has 2 N–H and O–H groups in total. The molecule has 0 saturated heterocycles. The minimum atomic E-state index is -4.32. The summed E-state index contributed by atoms with van der Waals surface area (Å²) in [4.78, 5) is 0. The number of benzene rings is 1. The maximum absolute atomic E-state index is 12.5. The van der Waals surface area contributed by atoms with Crippen LogP contribution in [0.1, 0.15) is 16.7 Å². The number of nitrogens with two attached hydrogens (primary N) is 1. The SMILES string of the molecule is Cc1cc(I)cc(C(F)(F)F)c1CN. The van der Waals surface area contributed by atoms with Crippen LogP contribution in [-0.2, 0) is 12.7 Å². The first-order chi connectivity index (χ1) is 6.36. The van der Waals surface area contributed by atoms with E-state index in [4.69, 9.17) is 5.73 Å². The molecule has 0 radical (unpaired) electrons. The summed E-state index contributed by atoms with van der Waals surface area (Å²) in [5, 5.41) is 0. The van der Waals surface area contributed by atoms with Crippen LogP contribution in [0.25, 0.3) is 0 Å². The van der Waals surface area contributed by atoms with Gasteiger partial charge in [0, 0.05) is 10.1 Å². The highest BCUT2D eigenvalue weighted by Gasteiger charge is 2.33. The number of hydrogen-bond acceptors (Lipinski definition) is 1. The van der Waals surface area contributed by atoms with Gasteiger partial charge < -0.3 is 5.73 Å². The number of halogens is 4. The van der Waals surface area contributed by atoms with Crippen LogP contribution >= 0.6 is 22.6 Å². The molecular weight excluding hydrogens is 306 g/mol. The third kappa shape index (κ3) is 2.38. The molecule has 0 fully saturated rings. The van der Waals surface area contributed by atoms with Crippen molar-refractivity contribution in [3.8, 4) is 0 Å². The van der Waals surface area contributed by atoms with Crippen LogP contribution in [0.3, 0.4) is 0 Å². The second kappa shape index (κ2) is 4.06. The van der Waals surface area contributed by atoms with Crippen LogP contribution in [-0.4, -0.2) is 0 Å². The molecule has 0 aliphatic rings. The van der Waals surface area contributed by atoms with Crippen molar-refractivity contribution in [2.75, 3.05) is 0 Å². The molecule has 0 atom stereocenters. The summed E-state index contributed by atoms with van der Waals surface area (Å²) in [6, 6.07) is 2.81. The molecule has 0 amide bonds. The fourth-order valence-corrected chi connectivity index (χ4v) is 2.08. The zero-order valence-corrected chi connectivity index (χ0v) is 9.61. The van der Waals surface area contributed by atoms with Crippen LogP contribution in [0.15, 0.2) is 12.1 Å². The van der Waals surface area contributed by atoms with Gasteiger partial charge in [0.2, 0.25) is 0 Å². The number of aryl methyl sites for hydroxylation is 1. The van der Waals surface area contributed by atoms with Crippen molar-refractivity contribution >= 4 is 22.6 Å². The molecule has 78 valence electrons. The number of alkyl halides is 3. The Morgan fingerprint density at radius 2 is 1.93 bits per heavy atom. The lowest BCUT2D eigenvalue weighted by molar-refractivity contribution is -0.138. The highest BCUT2D eigenvalue weighted by atomic mass is 127. The number of hydrogen-bond donors (Lipinski definition) is 1. The van der Waals surface area contributed by atoms with E-state index in [9.17, 15) is 13.2 Å². The molecule has 0 saturated carbocycles. The Labute approximate surface area is 93.6 Å². The van der Waals surface area contributed by atoms with E-state index in [1.54, 1.807) is 13.0 Å². The lowest BCUT2D eigenvalue weighted by Crippen LogP contribution is -2.13. The topological polar surface area (TPSA) is 26.0 Å². The molecular formula is C9H9F3IN. The van der Waals surface area contributed by atoms with Crippen LogP contribution in [0.2, 0.25) is 0 Å². The molecule has 0 aliphatic heterocycles. The summed E-state index contributed by atoms with van der Waals surface area (Å²) in [6.07, 6.45) is -4.32. The third-order valence-electron chi connectivity index (χ3n) is 1.95. The minimum absolute atomic E-state index is 0.0857. The zero-order valence-electron chi connectivity index (χ0n) is 7.45. The summed E-state index contributed by atoms with van der Waals surface area (Å²) in [7, 11) is 0. The predicted molar refractivity (Wildman–Crippen MR) is 56.8 cm³/mol. The van der Waals surface area contributed by atoms with Crippen molar-refractivity contribution in [2.45, 2.75) is 19.6 Å². The van der Waals surface area contributed by atoms with Crippen LogP contribution in [0, 0.1) is 10.5 Å². The normalized spacial score (nSPS) is 11.9. The smallest absolute Gasteiger partial charge is 0.326 e. The molecule has 0 aliphatic carbocycles. The molecule has 0 heterocycles. The molecule has 0 aromatic heterocycles. The van der Waals surface area contributed by atoms with E-state index in [2.05, 4.69) is 0 Å². The van der Waals surface area contributed by atoms with E-state index < -0.39 is 11.7 Å². The third-order valence-corrected chi connectivity index (χ3v) is 2.57. The van der Waals surface area contributed by atoms with Gasteiger partial charge in [-0.05, 0) is 52.8 Å². The first-order valence-electron chi connectivity index (χ1n) is 3.92. The van der Waals surface area contributed by atoms with Gasteiger partial charge in [0.25, 0.3) is 0 Å². The fourth-order valence-electron chi connectivity index (χ4n) is 1.30. The molecule has 0 spiro atoms. The summed E-state index contributed by atoms with van der Waals surface area (Å²) >= 11 is 1.86. The zero-order chi connectivity index (χ0) is 10.9. The molecule has 5 heteroatoms. The first-order valence-corrected chi connectivity index (χ1v) is 5.00. The molecule has 1 aromatic rings. The van der Waals surface area contributed by atoms with E-state index in [0.717, 1.165) is 6.07 Å². The lowest BCUT2D eigenvalue weighted by Gasteiger charge is -2.14. The molecule has 0 unspecified atom stereocenters. The van der Waals surface area contributed by atoms with E-state index in [1.807, 2.05) is 22.6 Å². The highest BCUT2D eigenvalue weighted by Crippen LogP contribution is 2.34. The average Bonchev–Trinajstić information content (AvgIpc) is 2.01. The molecule has 14 heavy (non-hydrogen) atoms. The van der Waals surface area contributed by atoms with E-state index >= 15 is 0 Å². The quantitative estimate of drug-likeness (QED) is 0.792. The van der Waals surface area contributed by atoms with Gasteiger partial charge in [0.15, 0.2) is 0 Å². The maximum atomic E-state index is 12.5. The average molecular weight is 315 g/mol. The maximum Gasteiger partial charge on any atom is 0.416 e. The van der Waals surface area contributed by atoms with E-state index in [-0.39, 0.29) is 12.1 Å². The van der Waals surface area contributed by atoms with Crippen LogP contribution in [0.4, 0.5) is 13.2 Å². The van der Waals surface area contributed by atoms with Crippen molar-refractivity contribution in [1.82, 2.24) is 0 Å². The lowest BCUT2D eigenvalue weighted by atomic mass is 10.0. The van der Waals surface area contributed by atoms with E-state index in [1.165, 1.54) is 0 Å². The van der Waals surface area contributed by atoms with Gasteiger partial charge in [-0.3, -0.25) is 0 Å². The Morgan fingerprint density at radius 3 is 2.36 bits per heavy atom. The van der Waals surface area contributed by atoms with Gasteiger partial charge in [0.05, 0.1) is 5.56 Å². The second-order valence-electron chi connectivity index (χ2n) is 2.95. The van der Waals surface area contributed by atoms with E-state index in [0.29, 0.717) is 9.13 Å². The largest absolute Gasteiger partial charge is 0.416 e. The van der Waals surface area contributed by atoms with Gasteiger partial charge >= 0.3 is 6.18 Å². The van der Waals surface area contributed by atoms with Crippen molar-refractivity contribution in [3.05, 3.63) is 32.4 Å². The summed E-state index contributed by atoms with van der Waals surface area (Å²) in [5.41, 5.74) is 5.44. The summed E-state index contributed by atoms with van der Waals surface area (Å²) in [5.74, 6) is 0. The van der Waals surface area contributed by atoms with Gasteiger partial charge in [-0.15, -0.1) is 0 Å². The van der Waals surface area contributed by atoms with Crippen LogP contribution < -0.4 is 5.73 Å². The Morgan fingerprint density at radius 1 is 1.36 bits per heavy atom. The van der Waals surface area contributed by atoms with Crippen molar-refractivity contribution in [2.24, 2.45) is 5.73 Å². The Kier molecular flexibility index (Phi) is 3.41. The Balaban J connectivity index is 3.40. The van der Waals surface area contributed by atoms with Gasteiger partial charge in [0.1, 0.15) is 0 Å². The standard InChI is InChI=1S/C9H9F3IN/c1-5-2-6(13)3-8(7(5)4-14)9(10,11)12/h2-3H,4,14H2,1H3. The fraction of sp³-hybridized carbons (Fsp3) is 0.333. The van der Waals surface area contributed by atoms with Gasteiger partial charge in [-0.1, -0.05) is 0 Å². The van der Waals surface area contributed by atoms with Gasteiger partial charge in [-0.25, -0.2) is 0 Å². The van der Waals surface area contributed by atoms with Gasteiger partial charge in [-0.2, -0.15) is 13.2 Å². The first kappa shape index (κ1) is 11.8. The minimum Gasteiger partial charge on any atom is -0.326 e. The highest BCUT2D eigenvalue weighted by molar-refractivity contribution is 14.1. The number of rotatable bonds is 1. The second-order valence-corrected chi connectivity index (χ2v) is 4.20. The Bertz CT molecular complexity index is 347. The monoisotopic (exact) mass is 315 g/mol. The summed E-state index contributed by atoms with van der Waals surface area (Å²) in [6.45, 7) is 1.55.